The van der Waals surface area contributed by atoms with Crippen molar-refractivity contribution in [2.75, 3.05) is 19.6 Å². The predicted molar refractivity (Wildman–Crippen MR) is 81.2 cm³/mol. The van der Waals surface area contributed by atoms with Gasteiger partial charge in [0.1, 0.15) is 0 Å². The average molecular weight is 268 g/mol. The number of unbranched alkanes of at least 4 members (excludes halogenated alkanes) is 7. The van der Waals surface area contributed by atoms with E-state index in [-0.39, 0.29) is 5.91 Å². The van der Waals surface area contributed by atoms with Gasteiger partial charge in [-0.05, 0) is 31.7 Å². The van der Waals surface area contributed by atoms with Crippen molar-refractivity contribution in [1.29, 1.82) is 0 Å². The number of hydrogen-bond donors (Lipinski definition) is 2. The van der Waals surface area contributed by atoms with Crippen molar-refractivity contribution >= 4 is 5.91 Å². The Labute approximate surface area is 118 Å². The Hall–Kier alpha value is -0.570. The molecule has 1 aliphatic carbocycles. The summed E-state index contributed by atoms with van der Waals surface area (Å²) < 4.78 is 0. The second-order valence-corrected chi connectivity index (χ2v) is 5.90. The van der Waals surface area contributed by atoms with Crippen LogP contribution in [0.1, 0.15) is 71.1 Å². The standard InChI is InChI=1S/C16H32N2O/c1-2-3-4-5-6-7-8-9-12-17-14-16(19)18-13-15-10-11-15/h15,17H,2-14H2,1H3,(H,18,19). The molecule has 0 unspecified atom stereocenters. The molecular weight excluding hydrogens is 236 g/mol. The summed E-state index contributed by atoms with van der Waals surface area (Å²) in [5, 5.41) is 6.20. The first-order valence-electron chi connectivity index (χ1n) is 8.30. The van der Waals surface area contributed by atoms with Crippen molar-refractivity contribution in [2.45, 2.75) is 71.1 Å². The maximum atomic E-state index is 11.4. The minimum absolute atomic E-state index is 0.159. The molecule has 19 heavy (non-hydrogen) atoms. The molecule has 1 amide bonds. The topological polar surface area (TPSA) is 41.1 Å². The van der Waals surface area contributed by atoms with E-state index in [1.807, 2.05) is 0 Å². The fourth-order valence-corrected chi connectivity index (χ4v) is 2.23. The number of nitrogens with one attached hydrogen (secondary N) is 2. The Bertz CT molecular complexity index is 227. The van der Waals surface area contributed by atoms with E-state index in [4.69, 9.17) is 0 Å². The first-order valence-corrected chi connectivity index (χ1v) is 8.30. The molecular formula is C16H32N2O. The van der Waals surface area contributed by atoms with Crippen LogP contribution < -0.4 is 10.6 Å². The van der Waals surface area contributed by atoms with Gasteiger partial charge in [-0.1, -0.05) is 51.9 Å². The largest absolute Gasteiger partial charge is 0.355 e. The zero-order valence-electron chi connectivity index (χ0n) is 12.7. The molecule has 1 rings (SSSR count). The zero-order chi connectivity index (χ0) is 13.8. The number of hydrogen-bond acceptors (Lipinski definition) is 2. The summed E-state index contributed by atoms with van der Waals surface area (Å²) in [6, 6.07) is 0. The van der Waals surface area contributed by atoms with E-state index in [1.54, 1.807) is 0 Å². The van der Waals surface area contributed by atoms with E-state index in [1.165, 1.54) is 64.2 Å². The zero-order valence-corrected chi connectivity index (χ0v) is 12.7. The third-order valence-electron chi connectivity index (χ3n) is 3.78. The lowest BCUT2D eigenvalue weighted by Gasteiger charge is -2.06. The van der Waals surface area contributed by atoms with Gasteiger partial charge in [0.05, 0.1) is 6.54 Å². The summed E-state index contributed by atoms with van der Waals surface area (Å²) in [5.74, 6) is 0.933. The maximum Gasteiger partial charge on any atom is 0.233 e. The van der Waals surface area contributed by atoms with Crippen LogP contribution in [0.5, 0.6) is 0 Å². The molecule has 1 aliphatic rings. The second-order valence-electron chi connectivity index (χ2n) is 5.90. The predicted octanol–water partition coefficient (Wildman–Crippen LogP) is 3.24. The van der Waals surface area contributed by atoms with Gasteiger partial charge in [-0.3, -0.25) is 4.79 Å². The molecule has 0 heterocycles. The van der Waals surface area contributed by atoms with Crippen LogP contribution in [0.2, 0.25) is 0 Å². The molecule has 0 aliphatic heterocycles. The van der Waals surface area contributed by atoms with Crippen LogP contribution in [0.15, 0.2) is 0 Å². The molecule has 0 aromatic rings. The van der Waals surface area contributed by atoms with E-state index in [2.05, 4.69) is 17.6 Å². The van der Waals surface area contributed by atoms with Crippen LogP contribution >= 0.6 is 0 Å². The van der Waals surface area contributed by atoms with Crippen LogP contribution in [0.4, 0.5) is 0 Å². The van der Waals surface area contributed by atoms with Crippen molar-refractivity contribution in [3.8, 4) is 0 Å². The fraction of sp³-hybridized carbons (Fsp3) is 0.938. The van der Waals surface area contributed by atoms with Crippen LogP contribution in [0.25, 0.3) is 0 Å². The molecule has 0 radical (unpaired) electrons. The first-order chi connectivity index (χ1) is 9.33. The van der Waals surface area contributed by atoms with E-state index in [0.29, 0.717) is 6.54 Å². The smallest absolute Gasteiger partial charge is 0.233 e. The molecule has 0 aromatic carbocycles. The van der Waals surface area contributed by atoms with E-state index in [0.717, 1.165) is 19.0 Å². The first kappa shape index (κ1) is 16.5. The van der Waals surface area contributed by atoms with Gasteiger partial charge < -0.3 is 10.6 Å². The Morgan fingerprint density at radius 1 is 1.00 bits per heavy atom. The van der Waals surface area contributed by atoms with Gasteiger partial charge in [-0.2, -0.15) is 0 Å². The molecule has 3 heteroatoms. The van der Waals surface area contributed by atoms with Crippen molar-refractivity contribution in [1.82, 2.24) is 10.6 Å². The van der Waals surface area contributed by atoms with E-state index < -0.39 is 0 Å². The SMILES string of the molecule is CCCCCCCCCCNCC(=O)NCC1CC1. The van der Waals surface area contributed by atoms with Gasteiger partial charge in [-0.25, -0.2) is 0 Å². The average Bonchev–Trinajstić information content (AvgIpc) is 3.23. The molecule has 1 fully saturated rings. The Balaban J connectivity index is 1.71. The van der Waals surface area contributed by atoms with Gasteiger partial charge in [0, 0.05) is 6.54 Å². The molecule has 1 saturated carbocycles. The summed E-state index contributed by atoms with van der Waals surface area (Å²) in [7, 11) is 0. The highest BCUT2D eigenvalue weighted by atomic mass is 16.1. The number of amides is 1. The maximum absolute atomic E-state index is 11.4. The van der Waals surface area contributed by atoms with Gasteiger partial charge in [0.15, 0.2) is 0 Å². The summed E-state index contributed by atoms with van der Waals surface area (Å²) in [6.07, 6.45) is 13.3. The van der Waals surface area contributed by atoms with Crippen molar-refractivity contribution in [3.63, 3.8) is 0 Å². The molecule has 112 valence electrons. The number of carbonyl (C=O) groups excluding carboxylic acids is 1. The fourth-order valence-electron chi connectivity index (χ4n) is 2.23. The molecule has 0 spiro atoms. The lowest BCUT2D eigenvalue weighted by Crippen LogP contribution is -2.35. The minimum Gasteiger partial charge on any atom is -0.355 e. The molecule has 0 bridgehead atoms. The monoisotopic (exact) mass is 268 g/mol. The van der Waals surface area contributed by atoms with Crippen LogP contribution in [-0.2, 0) is 4.79 Å². The lowest BCUT2D eigenvalue weighted by atomic mass is 10.1. The Kier molecular flexibility index (Phi) is 9.78. The van der Waals surface area contributed by atoms with Crippen molar-refractivity contribution in [3.05, 3.63) is 0 Å². The molecule has 3 nitrogen and oxygen atoms in total. The van der Waals surface area contributed by atoms with Crippen molar-refractivity contribution in [2.24, 2.45) is 5.92 Å². The summed E-state index contributed by atoms with van der Waals surface area (Å²) in [6.45, 7) is 4.61. The van der Waals surface area contributed by atoms with Crippen LogP contribution in [0, 0.1) is 5.92 Å². The summed E-state index contributed by atoms with van der Waals surface area (Å²) >= 11 is 0. The van der Waals surface area contributed by atoms with Gasteiger partial charge >= 0.3 is 0 Å². The van der Waals surface area contributed by atoms with E-state index in [9.17, 15) is 4.79 Å². The van der Waals surface area contributed by atoms with Crippen molar-refractivity contribution < 1.29 is 4.79 Å². The number of rotatable bonds is 13. The summed E-state index contributed by atoms with van der Waals surface area (Å²) in [4.78, 5) is 11.4. The van der Waals surface area contributed by atoms with E-state index >= 15 is 0 Å². The Morgan fingerprint density at radius 2 is 1.63 bits per heavy atom. The normalized spacial score (nSPS) is 14.6. The quantitative estimate of drug-likeness (QED) is 0.503. The second kappa shape index (κ2) is 11.3. The third kappa shape index (κ3) is 11.0. The van der Waals surface area contributed by atoms with Crippen LogP contribution in [0.3, 0.4) is 0 Å². The summed E-state index contributed by atoms with van der Waals surface area (Å²) in [5.41, 5.74) is 0. The van der Waals surface area contributed by atoms with Gasteiger partial charge in [-0.15, -0.1) is 0 Å². The molecule has 0 saturated heterocycles. The highest BCUT2D eigenvalue weighted by Gasteiger charge is 2.21. The minimum atomic E-state index is 0.159. The highest BCUT2D eigenvalue weighted by Crippen LogP contribution is 2.27. The molecule has 0 aromatic heterocycles. The Morgan fingerprint density at radius 3 is 2.26 bits per heavy atom. The molecule has 2 N–H and O–H groups in total. The van der Waals surface area contributed by atoms with Gasteiger partial charge in [0.2, 0.25) is 5.91 Å². The highest BCUT2D eigenvalue weighted by molar-refractivity contribution is 5.77. The van der Waals surface area contributed by atoms with Crippen LogP contribution in [-0.4, -0.2) is 25.5 Å². The van der Waals surface area contributed by atoms with Gasteiger partial charge in [0.25, 0.3) is 0 Å². The lowest BCUT2D eigenvalue weighted by molar-refractivity contribution is -0.120. The molecule has 0 atom stereocenters. The third-order valence-corrected chi connectivity index (χ3v) is 3.78. The number of carbonyl (C=O) groups is 1.